The number of hydrogen-bond donors (Lipinski definition) is 1. The molecule has 1 atom stereocenters. The molecule has 1 aliphatic carbocycles. The predicted molar refractivity (Wildman–Crippen MR) is 141 cm³/mol. The van der Waals surface area contributed by atoms with Crippen LogP contribution >= 0.6 is 11.3 Å². The molecule has 7 nitrogen and oxygen atoms in total. The molecule has 0 saturated carbocycles. The highest BCUT2D eigenvalue weighted by Gasteiger charge is 2.46. The largest absolute Gasteiger partial charge is 0.507 e. The van der Waals surface area contributed by atoms with Gasteiger partial charge >= 0.3 is 0 Å². The molecule has 1 unspecified atom stereocenters. The lowest BCUT2D eigenvalue weighted by Crippen LogP contribution is -2.29. The van der Waals surface area contributed by atoms with E-state index in [1.54, 1.807) is 12.1 Å². The Labute approximate surface area is 219 Å². The van der Waals surface area contributed by atoms with Gasteiger partial charge in [0.1, 0.15) is 5.76 Å². The molecule has 2 aromatic carbocycles. The maximum absolute atomic E-state index is 13.5. The number of ether oxygens (including phenoxy) is 3. The van der Waals surface area contributed by atoms with Gasteiger partial charge in [-0.05, 0) is 72.0 Å². The summed E-state index contributed by atoms with van der Waals surface area (Å²) in [5.74, 6) is -0.366. The van der Waals surface area contributed by atoms with Crippen LogP contribution in [0.2, 0.25) is 0 Å². The van der Waals surface area contributed by atoms with Crippen molar-refractivity contribution < 1.29 is 28.9 Å². The van der Waals surface area contributed by atoms with E-state index in [4.69, 9.17) is 14.2 Å². The Kier molecular flexibility index (Phi) is 6.93. The van der Waals surface area contributed by atoms with E-state index < -0.39 is 17.7 Å². The first-order valence-corrected chi connectivity index (χ1v) is 13.1. The van der Waals surface area contributed by atoms with Gasteiger partial charge in [-0.1, -0.05) is 18.2 Å². The van der Waals surface area contributed by atoms with Crippen molar-refractivity contribution in [3.05, 3.63) is 80.5 Å². The van der Waals surface area contributed by atoms with Crippen molar-refractivity contribution in [1.29, 1.82) is 0 Å². The molecule has 1 aliphatic heterocycles. The zero-order valence-corrected chi connectivity index (χ0v) is 21.9. The second-order valence-electron chi connectivity index (χ2n) is 9.16. The molecule has 192 valence electrons. The van der Waals surface area contributed by atoms with Crippen LogP contribution in [0, 0.1) is 0 Å². The van der Waals surface area contributed by atoms with Crippen LogP contribution in [0.5, 0.6) is 17.2 Å². The molecule has 1 saturated heterocycles. The minimum absolute atomic E-state index is 0.0478. The summed E-state index contributed by atoms with van der Waals surface area (Å²) in [4.78, 5) is 29.3. The smallest absolute Gasteiger partial charge is 0.295 e. The number of rotatable bonds is 7. The first-order chi connectivity index (χ1) is 18.0. The lowest BCUT2D eigenvalue weighted by molar-refractivity contribution is -0.140. The first-order valence-electron chi connectivity index (χ1n) is 12.2. The third-order valence-corrected chi connectivity index (χ3v) is 7.93. The molecule has 1 fully saturated rings. The van der Waals surface area contributed by atoms with E-state index >= 15 is 0 Å². The fourth-order valence-electron chi connectivity index (χ4n) is 5.26. The number of ketones is 1. The van der Waals surface area contributed by atoms with E-state index in [0.717, 1.165) is 30.6 Å². The molecule has 8 heteroatoms. The van der Waals surface area contributed by atoms with Crippen molar-refractivity contribution in [3.63, 3.8) is 0 Å². The molecule has 1 N–H and O–H groups in total. The van der Waals surface area contributed by atoms with Crippen molar-refractivity contribution in [2.24, 2.45) is 0 Å². The highest BCUT2D eigenvalue weighted by atomic mass is 32.1. The van der Waals surface area contributed by atoms with E-state index in [0.29, 0.717) is 28.4 Å². The van der Waals surface area contributed by atoms with E-state index in [1.165, 1.54) is 48.7 Å². The van der Waals surface area contributed by atoms with Gasteiger partial charge in [-0.3, -0.25) is 9.59 Å². The van der Waals surface area contributed by atoms with Crippen LogP contribution in [-0.4, -0.2) is 43.0 Å². The summed E-state index contributed by atoms with van der Waals surface area (Å²) in [6.45, 7) is 0.227. The minimum Gasteiger partial charge on any atom is -0.507 e. The fraction of sp³-hybridized carbons (Fsp3) is 0.310. The second-order valence-corrected chi connectivity index (χ2v) is 10.2. The van der Waals surface area contributed by atoms with Crippen LogP contribution in [0.4, 0.5) is 0 Å². The first kappa shape index (κ1) is 24.9. The SMILES string of the molecule is COc1cc(C2/C(=C(\O)c3ccc4c(c3)CCCC4)C(=O)C(=O)N2Cc2cccs2)cc(OC)c1OC. The Bertz CT molecular complexity index is 1350. The molecule has 2 aliphatic rings. The summed E-state index contributed by atoms with van der Waals surface area (Å²) in [5, 5.41) is 13.5. The number of hydrogen-bond acceptors (Lipinski definition) is 7. The van der Waals surface area contributed by atoms with Gasteiger partial charge in [0.05, 0.1) is 39.5 Å². The number of fused-ring (bicyclic) bond motifs is 1. The third kappa shape index (κ3) is 4.46. The average molecular weight is 520 g/mol. The molecular formula is C29H29NO6S. The number of likely N-dealkylation sites (tertiary alicyclic amines) is 1. The lowest BCUT2D eigenvalue weighted by atomic mass is 9.88. The zero-order chi connectivity index (χ0) is 26.1. The number of nitrogens with zero attached hydrogens (tertiary/aromatic N) is 1. The number of Topliss-reactive ketones (excluding diaryl/α,β-unsaturated/α-hetero) is 1. The Morgan fingerprint density at radius 3 is 2.30 bits per heavy atom. The number of aliphatic hydroxyl groups is 1. The maximum atomic E-state index is 13.5. The molecule has 1 aromatic heterocycles. The van der Waals surface area contributed by atoms with Crippen LogP contribution in [-0.2, 0) is 29.0 Å². The van der Waals surface area contributed by atoms with Crippen molar-refractivity contribution in [1.82, 2.24) is 4.90 Å². The van der Waals surface area contributed by atoms with Crippen molar-refractivity contribution in [2.75, 3.05) is 21.3 Å². The molecule has 37 heavy (non-hydrogen) atoms. The van der Waals surface area contributed by atoms with Crippen molar-refractivity contribution in [2.45, 2.75) is 38.3 Å². The quantitative estimate of drug-likeness (QED) is 0.260. The van der Waals surface area contributed by atoms with Crippen molar-refractivity contribution in [3.8, 4) is 17.2 Å². The van der Waals surface area contributed by atoms with Crippen LogP contribution in [0.15, 0.2) is 53.4 Å². The van der Waals surface area contributed by atoms with Crippen LogP contribution < -0.4 is 14.2 Å². The Balaban J connectivity index is 1.69. The minimum atomic E-state index is -0.841. The predicted octanol–water partition coefficient (Wildman–Crippen LogP) is 5.27. The number of carbonyl (C=O) groups is 2. The number of benzene rings is 2. The van der Waals surface area contributed by atoms with Gasteiger partial charge in [0.2, 0.25) is 5.75 Å². The van der Waals surface area contributed by atoms with Gasteiger partial charge in [-0.25, -0.2) is 0 Å². The summed E-state index contributed by atoms with van der Waals surface area (Å²) >= 11 is 1.50. The molecular weight excluding hydrogens is 490 g/mol. The van der Waals surface area contributed by atoms with Crippen LogP contribution in [0.3, 0.4) is 0 Å². The summed E-state index contributed by atoms with van der Waals surface area (Å²) < 4.78 is 16.6. The van der Waals surface area contributed by atoms with Gasteiger partial charge in [-0.15, -0.1) is 11.3 Å². The molecule has 0 spiro atoms. The number of methoxy groups -OCH3 is 3. The highest BCUT2D eigenvalue weighted by Crippen LogP contribution is 2.46. The summed E-state index contributed by atoms with van der Waals surface area (Å²) in [6, 6.07) is 12.2. The van der Waals surface area contributed by atoms with Gasteiger partial charge in [0.15, 0.2) is 11.5 Å². The van der Waals surface area contributed by atoms with Crippen LogP contribution in [0.1, 0.15) is 46.0 Å². The maximum Gasteiger partial charge on any atom is 0.295 e. The highest BCUT2D eigenvalue weighted by molar-refractivity contribution is 7.09. The fourth-order valence-corrected chi connectivity index (χ4v) is 5.96. The van der Waals surface area contributed by atoms with Crippen molar-refractivity contribution >= 4 is 28.8 Å². The Morgan fingerprint density at radius 2 is 1.68 bits per heavy atom. The van der Waals surface area contributed by atoms with Gasteiger partial charge < -0.3 is 24.2 Å². The summed E-state index contributed by atoms with van der Waals surface area (Å²) in [6.07, 6.45) is 4.17. The molecule has 2 heterocycles. The average Bonchev–Trinajstić information content (AvgIpc) is 3.53. The van der Waals surface area contributed by atoms with E-state index in [9.17, 15) is 14.7 Å². The van der Waals surface area contributed by atoms with Crippen LogP contribution in [0.25, 0.3) is 5.76 Å². The van der Waals surface area contributed by atoms with E-state index in [1.807, 2.05) is 35.7 Å². The Morgan fingerprint density at radius 1 is 0.973 bits per heavy atom. The summed E-state index contributed by atoms with van der Waals surface area (Å²) in [7, 11) is 4.53. The van der Waals surface area contributed by atoms with Gasteiger partial charge in [-0.2, -0.15) is 0 Å². The number of aliphatic hydroxyl groups excluding tert-OH is 1. The molecule has 3 aromatic rings. The standard InChI is InChI=1S/C29H29NO6S/c1-34-22-14-20(15-23(35-2)28(22)36-3)25-24(27(32)29(33)30(25)16-21-9-6-12-37-21)26(31)19-11-10-17-7-4-5-8-18(17)13-19/h6,9-15,25,31H,4-5,7-8,16H2,1-3H3/b26-24+. The number of thiophene rings is 1. The van der Waals surface area contributed by atoms with Gasteiger partial charge in [0.25, 0.3) is 11.7 Å². The molecule has 0 radical (unpaired) electrons. The van der Waals surface area contributed by atoms with E-state index in [-0.39, 0.29) is 17.9 Å². The number of carbonyl (C=O) groups excluding carboxylic acids is 2. The molecule has 1 amide bonds. The zero-order valence-electron chi connectivity index (χ0n) is 21.1. The molecule has 0 bridgehead atoms. The second kappa shape index (κ2) is 10.3. The normalized spacial score (nSPS) is 18.6. The lowest BCUT2D eigenvalue weighted by Gasteiger charge is -2.26. The summed E-state index contributed by atoms with van der Waals surface area (Å²) in [5.41, 5.74) is 3.60. The van der Waals surface area contributed by atoms with E-state index in [2.05, 4.69) is 0 Å². The third-order valence-electron chi connectivity index (χ3n) is 7.07. The molecule has 5 rings (SSSR count). The monoisotopic (exact) mass is 519 g/mol. The number of aryl methyl sites for hydroxylation is 2. The Hall–Kier alpha value is -3.78. The topological polar surface area (TPSA) is 85.3 Å². The number of amides is 1. The van der Waals surface area contributed by atoms with Gasteiger partial charge in [0, 0.05) is 10.4 Å².